The molecular weight excluding hydrogens is 246 g/mol. The standard InChI is InChI=1S/C11H16ClNO2S/c1-3-6-13(7-11(14)15)8(2)9-4-5-10(12)16-9/h4-5,8H,3,6-7H2,1-2H3,(H,14,15). The van der Waals surface area contributed by atoms with Crippen LogP contribution in [0.3, 0.4) is 0 Å². The SMILES string of the molecule is CCCN(CC(=O)O)C(C)c1ccc(Cl)s1. The highest BCUT2D eigenvalue weighted by Gasteiger charge is 2.18. The van der Waals surface area contributed by atoms with Crippen LogP contribution < -0.4 is 0 Å². The van der Waals surface area contributed by atoms with Crippen LogP contribution in [0.5, 0.6) is 0 Å². The molecule has 0 aliphatic heterocycles. The third-order valence-corrected chi connectivity index (χ3v) is 3.80. The molecule has 0 bridgehead atoms. The zero-order valence-electron chi connectivity index (χ0n) is 9.44. The summed E-state index contributed by atoms with van der Waals surface area (Å²) < 4.78 is 0.744. The minimum absolute atomic E-state index is 0.0739. The van der Waals surface area contributed by atoms with Crippen LogP contribution in [0.15, 0.2) is 12.1 Å². The van der Waals surface area contributed by atoms with Gasteiger partial charge in [0.05, 0.1) is 10.9 Å². The fraction of sp³-hybridized carbons (Fsp3) is 0.545. The monoisotopic (exact) mass is 261 g/mol. The predicted molar refractivity (Wildman–Crippen MR) is 67.2 cm³/mol. The van der Waals surface area contributed by atoms with E-state index in [1.807, 2.05) is 30.9 Å². The highest BCUT2D eigenvalue weighted by molar-refractivity contribution is 7.16. The van der Waals surface area contributed by atoms with Crippen molar-refractivity contribution >= 4 is 28.9 Å². The highest BCUT2D eigenvalue weighted by Crippen LogP contribution is 2.30. The van der Waals surface area contributed by atoms with Crippen molar-refractivity contribution in [3.05, 3.63) is 21.3 Å². The lowest BCUT2D eigenvalue weighted by atomic mass is 10.2. The Morgan fingerprint density at radius 1 is 1.62 bits per heavy atom. The topological polar surface area (TPSA) is 40.5 Å². The molecule has 0 aromatic carbocycles. The molecule has 0 aliphatic carbocycles. The number of carboxylic acid groups (broad SMARTS) is 1. The molecule has 1 aromatic heterocycles. The van der Waals surface area contributed by atoms with Gasteiger partial charge < -0.3 is 5.11 Å². The van der Waals surface area contributed by atoms with Gasteiger partial charge in [0.25, 0.3) is 0 Å². The van der Waals surface area contributed by atoms with E-state index < -0.39 is 5.97 Å². The van der Waals surface area contributed by atoms with Gasteiger partial charge in [-0.1, -0.05) is 18.5 Å². The number of nitrogens with zero attached hydrogens (tertiary/aromatic N) is 1. The Balaban J connectivity index is 2.73. The van der Waals surface area contributed by atoms with Crippen LogP contribution in [0.1, 0.15) is 31.2 Å². The number of halogens is 1. The van der Waals surface area contributed by atoms with Crippen LogP contribution in [-0.4, -0.2) is 29.1 Å². The first-order valence-corrected chi connectivity index (χ1v) is 6.45. The average Bonchev–Trinajstić information content (AvgIpc) is 2.62. The molecule has 3 nitrogen and oxygen atoms in total. The fourth-order valence-electron chi connectivity index (χ4n) is 1.60. The molecule has 1 unspecified atom stereocenters. The van der Waals surface area contributed by atoms with Gasteiger partial charge in [-0.25, -0.2) is 0 Å². The van der Waals surface area contributed by atoms with E-state index in [0.29, 0.717) is 0 Å². The second kappa shape index (κ2) is 6.23. The summed E-state index contributed by atoms with van der Waals surface area (Å²) in [6.45, 7) is 4.91. The number of carbonyl (C=O) groups is 1. The minimum Gasteiger partial charge on any atom is -0.480 e. The van der Waals surface area contributed by atoms with Crippen LogP contribution in [0.4, 0.5) is 0 Å². The second-order valence-electron chi connectivity index (χ2n) is 3.68. The van der Waals surface area contributed by atoms with Crippen molar-refractivity contribution in [1.82, 2.24) is 4.90 Å². The van der Waals surface area contributed by atoms with E-state index in [1.165, 1.54) is 11.3 Å². The van der Waals surface area contributed by atoms with Gasteiger partial charge in [0.2, 0.25) is 0 Å². The molecule has 0 amide bonds. The summed E-state index contributed by atoms with van der Waals surface area (Å²) in [4.78, 5) is 13.8. The second-order valence-corrected chi connectivity index (χ2v) is 5.43. The summed E-state index contributed by atoms with van der Waals surface area (Å²) in [6, 6.07) is 3.92. The van der Waals surface area contributed by atoms with Gasteiger partial charge in [-0.15, -0.1) is 11.3 Å². The molecule has 16 heavy (non-hydrogen) atoms. The zero-order chi connectivity index (χ0) is 12.1. The van der Waals surface area contributed by atoms with Crippen LogP contribution >= 0.6 is 22.9 Å². The maximum absolute atomic E-state index is 10.8. The summed E-state index contributed by atoms with van der Waals surface area (Å²) in [5.74, 6) is -0.789. The quantitative estimate of drug-likeness (QED) is 0.855. The summed E-state index contributed by atoms with van der Waals surface area (Å²) >= 11 is 7.38. The number of carboxylic acids is 1. The van der Waals surface area contributed by atoms with Crippen LogP contribution in [-0.2, 0) is 4.79 Å². The van der Waals surface area contributed by atoms with Gasteiger partial charge in [0.15, 0.2) is 0 Å². The zero-order valence-corrected chi connectivity index (χ0v) is 11.0. The van der Waals surface area contributed by atoms with Crippen molar-refractivity contribution in [3.63, 3.8) is 0 Å². The highest BCUT2D eigenvalue weighted by atomic mass is 35.5. The van der Waals surface area contributed by atoms with E-state index >= 15 is 0 Å². The first kappa shape index (κ1) is 13.5. The Kier molecular flexibility index (Phi) is 5.25. The van der Waals surface area contributed by atoms with Crippen molar-refractivity contribution in [1.29, 1.82) is 0 Å². The first-order chi connectivity index (χ1) is 7.54. The van der Waals surface area contributed by atoms with Crippen molar-refractivity contribution in [2.75, 3.05) is 13.1 Å². The van der Waals surface area contributed by atoms with E-state index in [9.17, 15) is 4.79 Å². The van der Waals surface area contributed by atoms with E-state index in [4.69, 9.17) is 16.7 Å². The molecule has 0 saturated heterocycles. The predicted octanol–water partition coefficient (Wildman–Crippen LogP) is 3.26. The fourth-order valence-corrected chi connectivity index (χ4v) is 2.75. The van der Waals surface area contributed by atoms with Crippen LogP contribution in [0.2, 0.25) is 4.34 Å². The minimum atomic E-state index is -0.789. The Morgan fingerprint density at radius 3 is 2.75 bits per heavy atom. The van der Waals surface area contributed by atoms with Gasteiger partial charge in [0.1, 0.15) is 0 Å². The third-order valence-electron chi connectivity index (χ3n) is 2.40. The van der Waals surface area contributed by atoms with E-state index in [1.54, 1.807) is 0 Å². The Hall–Kier alpha value is -0.580. The smallest absolute Gasteiger partial charge is 0.317 e. The van der Waals surface area contributed by atoms with Gasteiger partial charge in [-0.2, -0.15) is 0 Å². The maximum atomic E-state index is 10.8. The summed E-state index contributed by atoms with van der Waals surface area (Å²) in [5.41, 5.74) is 0. The van der Waals surface area contributed by atoms with Crippen molar-refractivity contribution in [2.45, 2.75) is 26.3 Å². The Morgan fingerprint density at radius 2 is 2.31 bits per heavy atom. The van der Waals surface area contributed by atoms with E-state index in [2.05, 4.69) is 0 Å². The molecule has 5 heteroatoms. The van der Waals surface area contributed by atoms with Crippen molar-refractivity contribution < 1.29 is 9.90 Å². The third kappa shape index (κ3) is 3.77. The molecule has 0 radical (unpaired) electrons. The van der Waals surface area contributed by atoms with Crippen molar-refractivity contribution in [2.24, 2.45) is 0 Å². The van der Waals surface area contributed by atoms with Gasteiger partial charge in [-0.3, -0.25) is 9.69 Å². The molecule has 0 aliphatic rings. The molecule has 90 valence electrons. The lowest BCUT2D eigenvalue weighted by molar-refractivity contribution is -0.138. The molecule has 1 atom stereocenters. The molecule has 1 heterocycles. The van der Waals surface area contributed by atoms with Crippen LogP contribution in [0.25, 0.3) is 0 Å². The maximum Gasteiger partial charge on any atom is 0.317 e. The number of thiophene rings is 1. The molecule has 0 saturated carbocycles. The number of hydrogen-bond donors (Lipinski definition) is 1. The van der Waals surface area contributed by atoms with E-state index in [-0.39, 0.29) is 12.6 Å². The lowest BCUT2D eigenvalue weighted by Gasteiger charge is -2.26. The average molecular weight is 262 g/mol. The van der Waals surface area contributed by atoms with Crippen molar-refractivity contribution in [3.8, 4) is 0 Å². The summed E-state index contributed by atoms with van der Waals surface area (Å²) in [6.07, 6.45) is 0.941. The van der Waals surface area contributed by atoms with Gasteiger partial charge >= 0.3 is 5.97 Å². The number of hydrogen-bond acceptors (Lipinski definition) is 3. The Labute approximate surface area is 105 Å². The molecule has 0 fully saturated rings. The Bertz CT molecular complexity index is 354. The number of rotatable bonds is 6. The van der Waals surface area contributed by atoms with Gasteiger partial charge in [-0.05, 0) is 32.0 Å². The molecular formula is C11H16ClNO2S. The summed E-state index contributed by atoms with van der Waals surface area (Å²) in [5, 5.41) is 8.85. The number of aliphatic carboxylic acids is 1. The molecule has 0 spiro atoms. The summed E-state index contributed by atoms with van der Waals surface area (Å²) in [7, 11) is 0. The normalized spacial score (nSPS) is 13.0. The molecule has 1 rings (SSSR count). The molecule has 1 N–H and O–H groups in total. The molecule has 1 aromatic rings. The lowest BCUT2D eigenvalue weighted by Crippen LogP contribution is -2.32. The van der Waals surface area contributed by atoms with E-state index in [0.717, 1.165) is 22.2 Å². The first-order valence-electron chi connectivity index (χ1n) is 5.25. The largest absolute Gasteiger partial charge is 0.480 e. The van der Waals surface area contributed by atoms with Gasteiger partial charge in [0, 0.05) is 10.9 Å². The van der Waals surface area contributed by atoms with Crippen LogP contribution in [0, 0.1) is 0 Å².